The van der Waals surface area contributed by atoms with Crippen molar-refractivity contribution >= 4 is 5.78 Å². The van der Waals surface area contributed by atoms with Gasteiger partial charge in [0.25, 0.3) is 0 Å². The Morgan fingerprint density at radius 1 is 1.50 bits per heavy atom. The zero-order chi connectivity index (χ0) is 9.80. The summed E-state index contributed by atoms with van der Waals surface area (Å²) in [6, 6.07) is 3.84. The lowest BCUT2D eigenvalue weighted by atomic mass is 10.1. The van der Waals surface area contributed by atoms with E-state index in [0.29, 0.717) is 12.2 Å². The number of pyridine rings is 1. The molecule has 0 unspecified atom stereocenters. The Hall–Kier alpha value is -1.18. The van der Waals surface area contributed by atoms with Crippen molar-refractivity contribution in [3.63, 3.8) is 0 Å². The number of ketones is 1. The molecule has 0 amide bonds. The van der Waals surface area contributed by atoms with E-state index in [0.717, 1.165) is 24.3 Å². The Morgan fingerprint density at radius 3 is 3.00 bits per heavy atom. The highest BCUT2D eigenvalue weighted by molar-refractivity contribution is 5.80. The van der Waals surface area contributed by atoms with Crippen LogP contribution in [0.3, 0.4) is 0 Å². The maximum atomic E-state index is 11.5. The van der Waals surface area contributed by atoms with E-state index in [9.17, 15) is 4.79 Å². The molecule has 2 nitrogen and oxygen atoms in total. The Morgan fingerprint density at radius 2 is 2.36 bits per heavy atom. The second-order valence-electron chi connectivity index (χ2n) is 4.06. The highest BCUT2D eigenvalue weighted by Gasteiger charge is 2.21. The van der Waals surface area contributed by atoms with E-state index < -0.39 is 0 Å². The molecule has 14 heavy (non-hydrogen) atoms. The number of Topliss-reactive ketones (excluding diaryl/α,β-unsaturated/α-hetero) is 1. The molecule has 0 saturated heterocycles. The van der Waals surface area contributed by atoms with Gasteiger partial charge in [0.05, 0.1) is 0 Å². The van der Waals surface area contributed by atoms with Crippen LogP contribution in [-0.2, 0) is 11.2 Å². The number of hydrogen-bond acceptors (Lipinski definition) is 2. The molecule has 2 rings (SSSR count). The maximum absolute atomic E-state index is 11.5. The highest BCUT2D eigenvalue weighted by atomic mass is 16.1. The van der Waals surface area contributed by atoms with Crippen LogP contribution in [-0.4, -0.2) is 10.8 Å². The molecule has 0 N–H and O–H groups in total. The maximum Gasteiger partial charge on any atom is 0.137 e. The van der Waals surface area contributed by atoms with Gasteiger partial charge in [-0.3, -0.25) is 9.78 Å². The Bertz CT molecular complexity index is 303. The summed E-state index contributed by atoms with van der Waals surface area (Å²) < 4.78 is 0. The molecule has 74 valence electrons. The third-order valence-corrected chi connectivity index (χ3v) is 2.65. The van der Waals surface area contributed by atoms with Crippen LogP contribution in [0.1, 0.15) is 31.2 Å². The fraction of sp³-hybridized carbons (Fsp3) is 0.500. The standard InChI is InChI=1S/C12H15NO/c14-12(6-5-10-3-4-10)8-11-2-1-7-13-9-11/h1-2,7,9-10H,3-6,8H2. The van der Waals surface area contributed by atoms with Crippen LogP contribution < -0.4 is 0 Å². The van der Waals surface area contributed by atoms with Crippen molar-refractivity contribution in [2.75, 3.05) is 0 Å². The Kier molecular flexibility index (Phi) is 2.92. The number of hydrogen-bond donors (Lipinski definition) is 0. The molecule has 0 spiro atoms. The molecule has 0 bridgehead atoms. The van der Waals surface area contributed by atoms with Crippen LogP contribution in [0.25, 0.3) is 0 Å². The lowest BCUT2D eigenvalue weighted by Crippen LogP contribution is -2.02. The zero-order valence-electron chi connectivity index (χ0n) is 8.28. The van der Waals surface area contributed by atoms with E-state index >= 15 is 0 Å². The number of nitrogens with zero attached hydrogens (tertiary/aromatic N) is 1. The van der Waals surface area contributed by atoms with Crippen molar-refractivity contribution in [1.82, 2.24) is 4.98 Å². The molecular weight excluding hydrogens is 174 g/mol. The van der Waals surface area contributed by atoms with Gasteiger partial charge in [0.15, 0.2) is 0 Å². The average Bonchev–Trinajstić information content (AvgIpc) is 3.00. The van der Waals surface area contributed by atoms with Crippen LogP contribution in [0.4, 0.5) is 0 Å². The third-order valence-electron chi connectivity index (χ3n) is 2.65. The minimum absolute atomic E-state index is 0.352. The molecule has 1 aliphatic rings. The first-order chi connectivity index (χ1) is 6.84. The van der Waals surface area contributed by atoms with E-state index in [-0.39, 0.29) is 0 Å². The highest BCUT2D eigenvalue weighted by Crippen LogP contribution is 2.33. The third kappa shape index (κ3) is 2.95. The van der Waals surface area contributed by atoms with Crippen LogP contribution >= 0.6 is 0 Å². The van der Waals surface area contributed by atoms with Gasteiger partial charge >= 0.3 is 0 Å². The van der Waals surface area contributed by atoms with Gasteiger partial charge in [0, 0.05) is 25.2 Å². The molecule has 1 heterocycles. The second-order valence-corrected chi connectivity index (χ2v) is 4.06. The predicted octanol–water partition coefficient (Wildman–Crippen LogP) is 2.38. The van der Waals surface area contributed by atoms with Crippen LogP contribution in [0, 0.1) is 5.92 Å². The van der Waals surface area contributed by atoms with Crippen LogP contribution in [0.15, 0.2) is 24.5 Å². The first-order valence-electron chi connectivity index (χ1n) is 5.25. The quantitative estimate of drug-likeness (QED) is 0.711. The van der Waals surface area contributed by atoms with Gasteiger partial charge in [-0.15, -0.1) is 0 Å². The molecule has 0 aromatic carbocycles. The van der Waals surface area contributed by atoms with Gasteiger partial charge in [0.2, 0.25) is 0 Å². The average molecular weight is 189 g/mol. The Labute approximate surface area is 84.4 Å². The lowest BCUT2D eigenvalue weighted by molar-refractivity contribution is -0.118. The van der Waals surface area contributed by atoms with Crippen molar-refractivity contribution < 1.29 is 4.79 Å². The summed E-state index contributed by atoms with van der Waals surface area (Å²) in [5.74, 6) is 1.21. The molecule has 1 aliphatic carbocycles. The van der Waals surface area contributed by atoms with Crippen LogP contribution in [0.5, 0.6) is 0 Å². The Balaban J connectivity index is 1.76. The van der Waals surface area contributed by atoms with E-state index in [1.54, 1.807) is 12.4 Å². The van der Waals surface area contributed by atoms with Crippen molar-refractivity contribution in [1.29, 1.82) is 0 Å². The van der Waals surface area contributed by atoms with E-state index in [1.807, 2.05) is 12.1 Å². The monoisotopic (exact) mass is 189 g/mol. The van der Waals surface area contributed by atoms with Crippen molar-refractivity contribution in [3.05, 3.63) is 30.1 Å². The first kappa shape index (κ1) is 9.38. The summed E-state index contributed by atoms with van der Waals surface area (Å²) in [7, 11) is 0. The molecule has 0 radical (unpaired) electrons. The van der Waals surface area contributed by atoms with Crippen molar-refractivity contribution in [2.24, 2.45) is 5.92 Å². The van der Waals surface area contributed by atoms with E-state index in [2.05, 4.69) is 4.98 Å². The van der Waals surface area contributed by atoms with E-state index in [4.69, 9.17) is 0 Å². The summed E-state index contributed by atoms with van der Waals surface area (Å²) in [4.78, 5) is 15.5. The summed E-state index contributed by atoms with van der Waals surface area (Å²) in [5, 5.41) is 0. The van der Waals surface area contributed by atoms with E-state index in [1.165, 1.54) is 12.8 Å². The number of aromatic nitrogens is 1. The van der Waals surface area contributed by atoms with Gasteiger partial charge in [-0.1, -0.05) is 18.9 Å². The number of carbonyl (C=O) groups is 1. The predicted molar refractivity (Wildman–Crippen MR) is 54.9 cm³/mol. The summed E-state index contributed by atoms with van der Waals surface area (Å²) in [5.41, 5.74) is 1.04. The largest absolute Gasteiger partial charge is 0.299 e. The SMILES string of the molecule is O=C(CCC1CC1)Cc1cccnc1. The fourth-order valence-corrected chi connectivity index (χ4v) is 1.59. The topological polar surface area (TPSA) is 30.0 Å². The molecule has 1 saturated carbocycles. The molecular formula is C12H15NO. The smallest absolute Gasteiger partial charge is 0.137 e. The van der Waals surface area contributed by atoms with Gasteiger partial charge in [0.1, 0.15) is 5.78 Å². The summed E-state index contributed by atoms with van der Waals surface area (Å²) >= 11 is 0. The molecule has 1 aromatic rings. The van der Waals surface area contributed by atoms with Crippen molar-refractivity contribution in [3.8, 4) is 0 Å². The molecule has 1 fully saturated rings. The number of carbonyl (C=O) groups excluding carboxylic acids is 1. The van der Waals surface area contributed by atoms with Gasteiger partial charge in [-0.05, 0) is 24.0 Å². The molecule has 0 atom stereocenters. The lowest BCUT2D eigenvalue weighted by Gasteiger charge is -1.99. The normalized spacial score (nSPS) is 15.4. The van der Waals surface area contributed by atoms with Crippen LogP contribution in [0.2, 0.25) is 0 Å². The zero-order valence-corrected chi connectivity index (χ0v) is 8.28. The number of rotatable bonds is 5. The van der Waals surface area contributed by atoms with Crippen molar-refractivity contribution in [2.45, 2.75) is 32.1 Å². The first-order valence-corrected chi connectivity index (χ1v) is 5.25. The molecule has 2 heteroatoms. The fourth-order valence-electron chi connectivity index (χ4n) is 1.59. The second kappa shape index (κ2) is 4.36. The minimum atomic E-state index is 0.352. The summed E-state index contributed by atoms with van der Waals surface area (Å²) in [6.45, 7) is 0. The molecule has 0 aliphatic heterocycles. The van der Waals surface area contributed by atoms with Gasteiger partial charge in [-0.25, -0.2) is 0 Å². The molecule has 1 aromatic heterocycles. The van der Waals surface area contributed by atoms with Gasteiger partial charge < -0.3 is 0 Å². The van der Waals surface area contributed by atoms with Gasteiger partial charge in [-0.2, -0.15) is 0 Å². The minimum Gasteiger partial charge on any atom is -0.299 e. The summed E-state index contributed by atoms with van der Waals surface area (Å²) in [6.07, 6.45) is 8.58.